The van der Waals surface area contributed by atoms with Crippen molar-refractivity contribution < 1.29 is 9.18 Å². The molecule has 4 aromatic rings. The second-order valence-corrected chi connectivity index (χ2v) is 8.69. The number of H-pyrrole nitrogens is 1. The normalized spacial score (nSPS) is 14.9. The van der Waals surface area contributed by atoms with E-state index in [9.17, 15) is 14.0 Å². The van der Waals surface area contributed by atoms with Gasteiger partial charge in [0.05, 0.1) is 15.9 Å². The standard InChI is InChI=1S/C22H20FN5O2S/c23-15-5-1-3-7-17(15)28-19(25-26-22(28)30)13-14-9-11-27(12-10-14)21(29)20-24-16-6-2-4-8-18(16)31-20/h1-8,14H,9-13H2,(H,26,30). The minimum atomic E-state index is -0.469. The zero-order chi connectivity index (χ0) is 21.4. The van der Waals surface area contributed by atoms with Crippen LogP contribution in [0.25, 0.3) is 15.9 Å². The van der Waals surface area contributed by atoms with E-state index in [1.165, 1.54) is 22.0 Å². The fraction of sp³-hybridized carbons (Fsp3) is 0.273. The van der Waals surface area contributed by atoms with Crippen molar-refractivity contribution in [2.45, 2.75) is 19.3 Å². The molecule has 1 fully saturated rings. The molecule has 0 atom stereocenters. The Morgan fingerprint density at radius 3 is 2.65 bits per heavy atom. The van der Waals surface area contributed by atoms with E-state index >= 15 is 0 Å². The van der Waals surface area contributed by atoms with Crippen molar-refractivity contribution in [1.82, 2.24) is 24.6 Å². The highest BCUT2D eigenvalue weighted by Crippen LogP contribution is 2.26. The first kappa shape index (κ1) is 19.6. The van der Waals surface area contributed by atoms with Gasteiger partial charge >= 0.3 is 5.69 Å². The molecule has 0 saturated carbocycles. The van der Waals surface area contributed by atoms with Gasteiger partial charge in [-0.2, -0.15) is 5.10 Å². The van der Waals surface area contributed by atoms with E-state index in [-0.39, 0.29) is 17.5 Å². The number of amides is 1. The number of thiazole rings is 1. The Labute approximate surface area is 181 Å². The minimum Gasteiger partial charge on any atom is -0.337 e. The molecule has 2 aromatic carbocycles. The van der Waals surface area contributed by atoms with Gasteiger partial charge in [-0.3, -0.25) is 4.79 Å². The summed E-state index contributed by atoms with van der Waals surface area (Å²) in [5.74, 6) is 0.248. The molecule has 1 aliphatic heterocycles. The zero-order valence-corrected chi connectivity index (χ0v) is 17.4. The zero-order valence-electron chi connectivity index (χ0n) is 16.6. The quantitative estimate of drug-likeness (QED) is 0.530. The first-order chi connectivity index (χ1) is 15.1. The van der Waals surface area contributed by atoms with E-state index in [0.29, 0.717) is 30.3 Å². The molecule has 9 heteroatoms. The molecule has 2 aromatic heterocycles. The fourth-order valence-corrected chi connectivity index (χ4v) is 4.98. The lowest BCUT2D eigenvalue weighted by Crippen LogP contribution is -2.39. The highest BCUT2D eigenvalue weighted by Gasteiger charge is 2.27. The number of benzene rings is 2. The fourth-order valence-electron chi connectivity index (χ4n) is 4.05. The van der Waals surface area contributed by atoms with Gasteiger partial charge < -0.3 is 4.90 Å². The number of halogens is 1. The van der Waals surface area contributed by atoms with E-state index in [1.54, 1.807) is 18.2 Å². The van der Waals surface area contributed by atoms with Crippen LogP contribution >= 0.6 is 11.3 Å². The summed E-state index contributed by atoms with van der Waals surface area (Å²) < 4.78 is 16.5. The smallest absolute Gasteiger partial charge is 0.337 e. The maximum Gasteiger partial charge on any atom is 0.348 e. The highest BCUT2D eigenvalue weighted by molar-refractivity contribution is 7.20. The number of carbonyl (C=O) groups excluding carboxylic acids is 1. The van der Waals surface area contributed by atoms with E-state index in [0.717, 1.165) is 23.1 Å². The third kappa shape index (κ3) is 3.76. The average molecular weight is 438 g/mol. The first-order valence-electron chi connectivity index (χ1n) is 10.2. The van der Waals surface area contributed by atoms with Gasteiger partial charge in [0.25, 0.3) is 5.91 Å². The molecule has 0 radical (unpaired) electrons. The monoisotopic (exact) mass is 437 g/mol. The van der Waals surface area contributed by atoms with Crippen molar-refractivity contribution >= 4 is 27.5 Å². The molecule has 0 aliphatic carbocycles. The number of aromatic amines is 1. The molecule has 7 nitrogen and oxygen atoms in total. The van der Waals surface area contributed by atoms with Gasteiger partial charge in [0, 0.05) is 19.5 Å². The number of aromatic nitrogens is 4. The van der Waals surface area contributed by atoms with Crippen LogP contribution < -0.4 is 5.69 Å². The molecule has 1 N–H and O–H groups in total. The van der Waals surface area contributed by atoms with Crippen molar-refractivity contribution in [3.8, 4) is 5.69 Å². The molecule has 0 spiro atoms. The molecule has 0 unspecified atom stereocenters. The summed E-state index contributed by atoms with van der Waals surface area (Å²) in [4.78, 5) is 31.4. The summed E-state index contributed by atoms with van der Waals surface area (Å²) in [6.45, 7) is 1.24. The number of hydrogen-bond donors (Lipinski definition) is 1. The number of likely N-dealkylation sites (tertiary alicyclic amines) is 1. The minimum absolute atomic E-state index is 0.0392. The third-order valence-corrected chi connectivity index (χ3v) is 6.71. The molecule has 1 saturated heterocycles. The lowest BCUT2D eigenvalue weighted by atomic mass is 9.93. The van der Waals surface area contributed by atoms with Gasteiger partial charge in [0.2, 0.25) is 0 Å². The Balaban J connectivity index is 1.27. The Hall–Kier alpha value is -3.33. The van der Waals surface area contributed by atoms with Gasteiger partial charge in [-0.1, -0.05) is 24.3 Å². The van der Waals surface area contributed by atoms with Gasteiger partial charge in [0.1, 0.15) is 11.6 Å². The van der Waals surface area contributed by atoms with Gasteiger partial charge in [-0.05, 0) is 43.0 Å². The molecule has 31 heavy (non-hydrogen) atoms. The van der Waals surface area contributed by atoms with Crippen molar-refractivity contribution in [3.05, 3.63) is 75.7 Å². The van der Waals surface area contributed by atoms with Crippen LogP contribution in [0.15, 0.2) is 53.3 Å². The number of para-hydroxylation sites is 2. The summed E-state index contributed by atoms with van der Waals surface area (Å²) in [7, 11) is 0. The van der Waals surface area contributed by atoms with Crippen LogP contribution in [0.4, 0.5) is 4.39 Å². The summed E-state index contributed by atoms with van der Waals surface area (Å²) in [6.07, 6.45) is 2.11. The van der Waals surface area contributed by atoms with E-state index in [4.69, 9.17) is 0 Å². The highest BCUT2D eigenvalue weighted by atomic mass is 32.1. The van der Waals surface area contributed by atoms with Crippen LogP contribution in [0.1, 0.15) is 28.5 Å². The van der Waals surface area contributed by atoms with Crippen LogP contribution in [0.2, 0.25) is 0 Å². The SMILES string of the molecule is O=C(c1nc2ccccc2s1)N1CCC(Cc2n[nH]c(=O)n2-c2ccccc2F)CC1. The lowest BCUT2D eigenvalue weighted by molar-refractivity contribution is 0.0689. The van der Waals surface area contributed by atoms with E-state index < -0.39 is 11.5 Å². The number of hydrogen-bond acceptors (Lipinski definition) is 5. The summed E-state index contributed by atoms with van der Waals surface area (Å²) in [5.41, 5.74) is 0.582. The second kappa shape index (κ2) is 8.07. The van der Waals surface area contributed by atoms with Gasteiger partial charge in [-0.25, -0.2) is 23.8 Å². The van der Waals surface area contributed by atoms with E-state index in [1.807, 2.05) is 29.2 Å². The maximum atomic E-state index is 14.2. The Kier molecular flexibility index (Phi) is 5.11. The van der Waals surface area contributed by atoms with E-state index in [2.05, 4.69) is 15.2 Å². The molecule has 1 amide bonds. The molecule has 5 rings (SSSR count). The van der Waals surface area contributed by atoms with Gasteiger partial charge in [0.15, 0.2) is 5.01 Å². The largest absolute Gasteiger partial charge is 0.348 e. The summed E-state index contributed by atoms with van der Waals surface area (Å²) in [5, 5.41) is 7.07. The van der Waals surface area contributed by atoms with Crippen LogP contribution in [0, 0.1) is 11.7 Å². The summed E-state index contributed by atoms with van der Waals surface area (Å²) in [6, 6.07) is 13.9. The number of rotatable bonds is 4. The van der Waals surface area contributed by atoms with Crippen LogP contribution in [-0.4, -0.2) is 43.6 Å². The molecule has 1 aliphatic rings. The number of fused-ring (bicyclic) bond motifs is 1. The Morgan fingerprint density at radius 2 is 1.87 bits per heavy atom. The van der Waals surface area contributed by atoms with Crippen molar-refractivity contribution in [1.29, 1.82) is 0 Å². The maximum absolute atomic E-state index is 14.2. The number of nitrogens with one attached hydrogen (secondary N) is 1. The molecule has 158 valence electrons. The predicted molar refractivity (Wildman–Crippen MR) is 116 cm³/mol. The lowest BCUT2D eigenvalue weighted by Gasteiger charge is -2.31. The second-order valence-electron chi connectivity index (χ2n) is 7.66. The van der Waals surface area contributed by atoms with Crippen molar-refractivity contribution in [3.63, 3.8) is 0 Å². The number of carbonyl (C=O) groups is 1. The predicted octanol–water partition coefficient (Wildman–Crippen LogP) is 3.40. The van der Waals surface area contributed by atoms with Gasteiger partial charge in [-0.15, -0.1) is 11.3 Å². The first-order valence-corrected chi connectivity index (χ1v) is 11.0. The van der Waals surface area contributed by atoms with Crippen molar-refractivity contribution in [2.24, 2.45) is 5.92 Å². The topological polar surface area (TPSA) is 83.9 Å². The Morgan fingerprint density at radius 1 is 1.13 bits per heavy atom. The van der Waals surface area contributed by atoms with Crippen molar-refractivity contribution in [2.75, 3.05) is 13.1 Å². The number of piperidine rings is 1. The summed E-state index contributed by atoms with van der Waals surface area (Å²) >= 11 is 1.42. The average Bonchev–Trinajstić information content (AvgIpc) is 3.38. The van der Waals surface area contributed by atoms with Crippen LogP contribution in [0.5, 0.6) is 0 Å². The molecule has 3 heterocycles. The number of nitrogens with zero attached hydrogens (tertiary/aromatic N) is 4. The Bertz CT molecular complexity index is 1270. The van der Waals surface area contributed by atoms with Crippen LogP contribution in [0.3, 0.4) is 0 Å². The molecular formula is C22H20FN5O2S. The molecular weight excluding hydrogens is 417 g/mol. The van der Waals surface area contributed by atoms with Crippen LogP contribution in [-0.2, 0) is 6.42 Å². The third-order valence-electron chi connectivity index (χ3n) is 5.68. The molecule has 0 bridgehead atoms.